The number of nitrogens with one attached hydrogen (secondary N) is 3. The molecule has 0 radical (unpaired) electrons. The van der Waals surface area contributed by atoms with E-state index in [0.29, 0.717) is 18.7 Å². The minimum Gasteiger partial charge on any atom is -0.495 e. The second kappa shape index (κ2) is 16.2. The molecule has 0 aliphatic heterocycles. The number of methoxy groups -OCH3 is 1. The summed E-state index contributed by atoms with van der Waals surface area (Å²) in [7, 11) is -0.799. The summed E-state index contributed by atoms with van der Waals surface area (Å²) in [6.45, 7) is 2.39. The van der Waals surface area contributed by atoms with Crippen LogP contribution in [0, 0.1) is 0 Å². The molecule has 11 nitrogen and oxygen atoms in total. The van der Waals surface area contributed by atoms with Crippen LogP contribution in [-0.2, 0) is 23.0 Å². The maximum absolute atomic E-state index is 13.8. The molecule has 248 valence electrons. The third-order valence-electron chi connectivity index (χ3n) is 7.72. The number of ether oxygens (including phenoxy) is 1. The Morgan fingerprint density at radius 1 is 0.894 bits per heavy atom. The molecule has 0 spiro atoms. The molecule has 1 heterocycles. The fourth-order valence-electron chi connectivity index (χ4n) is 4.93. The Morgan fingerprint density at radius 3 is 2.13 bits per heavy atom. The molecule has 4 rings (SSSR count). The van der Waals surface area contributed by atoms with Gasteiger partial charge in [-0.2, -0.15) is 0 Å². The van der Waals surface area contributed by atoms with Gasteiger partial charge < -0.3 is 25.8 Å². The van der Waals surface area contributed by atoms with Gasteiger partial charge in [-0.3, -0.25) is 18.9 Å². The molecular formula is C35H41N5O6S. The van der Waals surface area contributed by atoms with Crippen LogP contribution in [0.25, 0.3) is 0 Å². The third kappa shape index (κ3) is 10.1. The second-order valence-electron chi connectivity index (χ2n) is 11.3. The van der Waals surface area contributed by atoms with E-state index in [4.69, 9.17) is 4.74 Å². The molecule has 0 aliphatic rings. The summed E-state index contributed by atoms with van der Waals surface area (Å²) in [5.41, 5.74) is 2.97. The first-order chi connectivity index (χ1) is 22.4. The van der Waals surface area contributed by atoms with Crippen molar-refractivity contribution in [2.24, 2.45) is 0 Å². The first-order valence-electron chi connectivity index (χ1n) is 15.1. The zero-order valence-electron chi connectivity index (χ0n) is 26.9. The van der Waals surface area contributed by atoms with Crippen molar-refractivity contribution in [3.05, 3.63) is 125 Å². The van der Waals surface area contributed by atoms with Crippen molar-refractivity contribution in [3.8, 4) is 5.75 Å². The number of aliphatic hydroxyl groups is 1. The Morgan fingerprint density at radius 2 is 1.51 bits per heavy atom. The molecule has 12 heteroatoms. The quantitative estimate of drug-likeness (QED) is 0.152. The highest BCUT2D eigenvalue weighted by Crippen LogP contribution is 2.22. The van der Waals surface area contributed by atoms with Gasteiger partial charge in [0.2, 0.25) is 10.0 Å². The van der Waals surface area contributed by atoms with Crippen molar-refractivity contribution in [1.82, 2.24) is 20.9 Å². The fourth-order valence-corrected chi connectivity index (χ4v) is 5.42. The van der Waals surface area contributed by atoms with Crippen molar-refractivity contribution in [2.75, 3.05) is 31.3 Å². The largest absolute Gasteiger partial charge is 0.495 e. The van der Waals surface area contributed by atoms with Crippen molar-refractivity contribution in [1.29, 1.82) is 0 Å². The number of carbonyl (C=O) groups excluding carboxylic acids is 2. The standard InChI is InChI=1S/C35H41N5O6S/c1-24(27-13-9-6-10-14-27)38-34(42)28-17-29(19-30(18-28)40(2)47(4,44)45)35(43)39-32(16-25-11-7-5-8-12-25)33(41)23-37-21-26-15-31(46-3)22-36-20-26/h5-15,17-20,22,24,32-33,37,41H,16,21,23H2,1-4H3,(H,38,42)(H,39,43). The number of anilines is 1. The molecule has 0 saturated carbocycles. The van der Waals surface area contributed by atoms with Gasteiger partial charge in [0.25, 0.3) is 11.8 Å². The van der Waals surface area contributed by atoms with E-state index < -0.39 is 34.0 Å². The van der Waals surface area contributed by atoms with Gasteiger partial charge in [-0.25, -0.2) is 8.42 Å². The zero-order valence-corrected chi connectivity index (χ0v) is 27.7. The lowest BCUT2D eigenvalue weighted by atomic mass is 10.00. The van der Waals surface area contributed by atoms with Crippen molar-refractivity contribution < 1.29 is 27.9 Å². The van der Waals surface area contributed by atoms with Crippen LogP contribution < -0.4 is 25.0 Å². The summed E-state index contributed by atoms with van der Waals surface area (Å²) in [4.78, 5) is 31.3. The average Bonchev–Trinajstić information content (AvgIpc) is 3.07. The summed E-state index contributed by atoms with van der Waals surface area (Å²) >= 11 is 0. The summed E-state index contributed by atoms with van der Waals surface area (Å²) in [6, 6.07) is 23.8. The lowest BCUT2D eigenvalue weighted by Gasteiger charge is -2.25. The Balaban J connectivity index is 1.58. The van der Waals surface area contributed by atoms with E-state index in [-0.39, 0.29) is 29.4 Å². The van der Waals surface area contributed by atoms with Gasteiger partial charge in [-0.05, 0) is 54.3 Å². The minimum absolute atomic E-state index is 0.0659. The monoisotopic (exact) mass is 659 g/mol. The van der Waals surface area contributed by atoms with E-state index >= 15 is 0 Å². The molecule has 1 aromatic heterocycles. The number of carbonyl (C=O) groups is 2. The van der Waals surface area contributed by atoms with Crippen LogP contribution in [0.1, 0.15) is 50.4 Å². The zero-order chi connectivity index (χ0) is 34.0. The predicted octanol–water partition coefficient (Wildman–Crippen LogP) is 3.47. The van der Waals surface area contributed by atoms with Gasteiger partial charge >= 0.3 is 0 Å². The van der Waals surface area contributed by atoms with Gasteiger partial charge in [0.1, 0.15) is 5.75 Å². The third-order valence-corrected chi connectivity index (χ3v) is 8.92. The molecule has 3 atom stereocenters. The Kier molecular flexibility index (Phi) is 12.1. The Hall–Kier alpha value is -4.78. The van der Waals surface area contributed by atoms with E-state index in [1.165, 1.54) is 25.2 Å². The van der Waals surface area contributed by atoms with Crippen LogP contribution in [0.15, 0.2) is 97.3 Å². The molecule has 2 amide bonds. The number of sulfonamides is 1. The van der Waals surface area contributed by atoms with Crippen LogP contribution >= 0.6 is 0 Å². The highest BCUT2D eigenvalue weighted by Gasteiger charge is 2.25. The number of hydrogen-bond donors (Lipinski definition) is 4. The summed E-state index contributed by atoms with van der Waals surface area (Å²) in [5, 5.41) is 20.3. The Bertz CT molecular complexity index is 1760. The molecule has 0 aliphatic carbocycles. The number of amides is 2. The average molecular weight is 660 g/mol. The molecule has 0 fully saturated rings. The second-order valence-corrected chi connectivity index (χ2v) is 13.3. The molecule has 3 aromatic carbocycles. The smallest absolute Gasteiger partial charge is 0.251 e. The maximum Gasteiger partial charge on any atom is 0.251 e. The minimum atomic E-state index is -3.71. The first-order valence-corrected chi connectivity index (χ1v) is 17.0. The highest BCUT2D eigenvalue weighted by atomic mass is 32.2. The van der Waals surface area contributed by atoms with Crippen molar-refractivity contribution >= 4 is 27.5 Å². The first kappa shape index (κ1) is 35.1. The van der Waals surface area contributed by atoms with E-state index in [2.05, 4.69) is 20.9 Å². The van der Waals surface area contributed by atoms with E-state index in [9.17, 15) is 23.1 Å². The van der Waals surface area contributed by atoms with Gasteiger partial charge in [0.05, 0.1) is 43.4 Å². The molecule has 4 aromatic rings. The number of hydrogen-bond acceptors (Lipinski definition) is 8. The van der Waals surface area contributed by atoms with Crippen molar-refractivity contribution in [2.45, 2.75) is 38.1 Å². The van der Waals surface area contributed by atoms with Crippen LogP contribution in [0.5, 0.6) is 5.75 Å². The summed E-state index contributed by atoms with van der Waals surface area (Å²) in [6.07, 6.45) is 3.65. The number of pyridine rings is 1. The molecule has 0 bridgehead atoms. The molecule has 3 unspecified atom stereocenters. The van der Waals surface area contributed by atoms with Crippen LogP contribution in [0.2, 0.25) is 0 Å². The number of rotatable bonds is 15. The Labute approximate surface area is 276 Å². The molecule has 47 heavy (non-hydrogen) atoms. The SMILES string of the molecule is COc1cncc(CNCC(O)C(Cc2ccccc2)NC(=O)c2cc(C(=O)NC(C)c3ccccc3)cc(N(C)S(C)(=O)=O)c2)c1. The number of aromatic nitrogens is 1. The topological polar surface area (TPSA) is 150 Å². The van der Waals surface area contributed by atoms with Gasteiger partial charge in [0, 0.05) is 37.5 Å². The lowest BCUT2D eigenvalue weighted by Crippen LogP contribution is -2.48. The summed E-state index contributed by atoms with van der Waals surface area (Å²) < 4.78 is 31.1. The van der Waals surface area contributed by atoms with E-state index in [0.717, 1.165) is 27.3 Å². The van der Waals surface area contributed by atoms with Gasteiger partial charge in [-0.1, -0.05) is 60.7 Å². The molecule has 4 N–H and O–H groups in total. The van der Waals surface area contributed by atoms with Gasteiger partial charge in [0.15, 0.2) is 0 Å². The van der Waals surface area contributed by atoms with Crippen LogP contribution in [0.3, 0.4) is 0 Å². The maximum atomic E-state index is 13.8. The van der Waals surface area contributed by atoms with Gasteiger partial charge in [-0.15, -0.1) is 0 Å². The normalized spacial score (nSPS) is 13.2. The van der Waals surface area contributed by atoms with E-state index in [1.54, 1.807) is 19.5 Å². The molecular weight excluding hydrogens is 618 g/mol. The summed E-state index contributed by atoms with van der Waals surface area (Å²) in [5.74, 6) is -0.433. The number of aliphatic hydroxyl groups excluding tert-OH is 1. The predicted molar refractivity (Wildman–Crippen MR) is 182 cm³/mol. The number of benzene rings is 3. The molecule has 0 saturated heterocycles. The van der Waals surface area contributed by atoms with Crippen LogP contribution in [0.4, 0.5) is 5.69 Å². The van der Waals surface area contributed by atoms with E-state index in [1.807, 2.05) is 73.7 Å². The highest BCUT2D eigenvalue weighted by molar-refractivity contribution is 7.92. The van der Waals surface area contributed by atoms with Crippen LogP contribution in [-0.4, -0.2) is 69.4 Å². The number of nitrogens with zero attached hydrogens (tertiary/aromatic N) is 2. The van der Waals surface area contributed by atoms with Crippen molar-refractivity contribution in [3.63, 3.8) is 0 Å². The lowest BCUT2D eigenvalue weighted by molar-refractivity contribution is 0.0830. The fraction of sp³-hybridized carbons (Fsp3) is 0.286.